The average Bonchev–Trinajstić information content (AvgIpc) is 2.30. The molecule has 0 saturated carbocycles. The lowest BCUT2D eigenvalue weighted by molar-refractivity contribution is -0.373. The summed E-state index contributed by atoms with van der Waals surface area (Å²) in [6.07, 6.45) is 1.32. The maximum absolute atomic E-state index is 10.0. The number of hydrazine groups is 2. The van der Waals surface area contributed by atoms with Crippen LogP contribution < -0.4 is 5.53 Å². The molecule has 0 atom stereocenters. The van der Waals surface area contributed by atoms with Crippen molar-refractivity contribution < 1.29 is 10.1 Å². The molecule has 0 aromatic rings. The summed E-state index contributed by atoms with van der Waals surface area (Å²) in [7, 11) is 0. The van der Waals surface area contributed by atoms with E-state index in [4.69, 9.17) is 10.5 Å². The number of hydrogen-bond donors (Lipinski definition) is 2. The van der Waals surface area contributed by atoms with Crippen LogP contribution in [0.25, 0.3) is 0 Å². The van der Waals surface area contributed by atoms with Crippen molar-refractivity contribution in [3.05, 3.63) is 10.1 Å². The lowest BCUT2D eigenvalue weighted by Crippen LogP contribution is -2.41. The van der Waals surface area contributed by atoms with Crippen molar-refractivity contribution in [3.63, 3.8) is 0 Å². The highest BCUT2D eigenvalue weighted by Gasteiger charge is 2.37. The van der Waals surface area contributed by atoms with Gasteiger partial charge in [-0.25, -0.2) is 0 Å². The summed E-state index contributed by atoms with van der Waals surface area (Å²) >= 11 is 0. The number of nitro groups is 1. The third kappa shape index (κ3) is 1.02. The van der Waals surface area contributed by atoms with Gasteiger partial charge in [0, 0.05) is 5.10 Å². The normalized spacial score (nSPS) is 17.1. The Morgan fingerprint density at radius 2 is 2.55 bits per heavy atom. The van der Waals surface area contributed by atoms with Gasteiger partial charge in [-0.15, -0.1) is 5.53 Å². The molecule has 0 unspecified atom stereocenters. The van der Waals surface area contributed by atoms with Crippen LogP contribution in [0, 0.1) is 21.6 Å². The summed E-state index contributed by atoms with van der Waals surface area (Å²) in [5.74, 6) is -0.782. The standard InChI is InChI=1S/C2H2N6O3/c3-1-6-2(7(9)10)4-5-8(6)11/h5,11H. The highest BCUT2D eigenvalue weighted by Crippen LogP contribution is 1.99. The van der Waals surface area contributed by atoms with Crippen LogP contribution >= 0.6 is 0 Å². The first-order valence-corrected chi connectivity index (χ1v) is 2.33. The number of nitriles is 1. The van der Waals surface area contributed by atoms with Crippen molar-refractivity contribution in [3.8, 4) is 6.19 Å². The van der Waals surface area contributed by atoms with Gasteiger partial charge in [0.2, 0.25) is 0 Å². The molecule has 0 radical (unpaired) electrons. The first-order valence-electron chi connectivity index (χ1n) is 2.33. The zero-order valence-electron chi connectivity index (χ0n) is 5.00. The SMILES string of the molecule is N#CN1C([N+](=O)[O-])=NNN1O. The minimum atomic E-state index is -0.910. The molecule has 1 aliphatic heterocycles. The van der Waals surface area contributed by atoms with E-state index < -0.39 is 10.9 Å². The van der Waals surface area contributed by atoms with Crippen molar-refractivity contribution in [1.82, 2.24) is 15.8 Å². The molecule has 0 fully saturated rings. The molecule has 9 nitrogen and oxygen atoms in total. The van der Waals surface area contributed by atoms with Gasteiger partial charge in [0.1, 0.15) is 0 Å². The number of nitrogens with one attached hydrogen (secondary N) is 1. The molecule has 1 aliphatic rings. The summed E-state index contributed by atoms with van der Waals surface area (Å²) in [5.41, 5.74) is 1.79. The van der Waals surface area contributed by atoms with E-state index in [1.165, 1.54) is 6.19 Å². The van der Waals surface area contributed by atoms with Gasteiger partial charge >= 0.3 is 5.96 Å². The topological polar surface area (TPSA) is 118 Å². The lowest BCUT2D eigenvalue weighted by atomic mass is 10.9. The smallest absolute Gasteiger partial charge is 0.390 e. The van der Waals surface area contributed by atoms with Crippen LogP contribution in [0.3, 0.4) is 0 Å². The van der Waals surface area contributed by atoms with E-state index >= 15 is 0 Å². The summed E-state index contributed by atoms with van der Waals surface area (Å²) in [6, 6.07) is 0. The Bertz CT molecular complexity index is 253. The lowest BCUT2D eigenvalue weighted by Gasteiger charge is -2.05. The van der Waals surface area contributed by atoms with Gasteiger partial charge in [-0.3, -0.25) is 5.21 Å². The molecule has 9 heteroatoms. The Kier molecular flexibility index (Phi) is 1.55. The zero-order chi connectivity index (χ0) is 8.43. The van der Waals surface area contributed by atoms with Crippen LogP contribution in [-0.2, 0) is 0 Å². The molecule has 1 heterocycles. The molecule has 0 aromatic carbocycles. The van der Waals surface area contributed by atoms with Crippen LogP contribution in [0.15, 0.2) is 5.10 Å². The molecule has 0 saturated heterocycles. The largest absolute Gasteiger partial charge is 0.487 e. The second kappa shape index (κ2) is 2.37. The van der Waals surface area contributed by atoms with Gasteiger partial charge in [-0.1, -0.05) is 0 Å². The molecule has 0 aromatic heterocycles. The summed E-state index contributed by atoms with van der Waals surface area (Å²) in [5, 5.41) is 30.2. The van der Waals surface area contributed by atoms with E-state index in [2.05, 4.69) is 5.10 Å². The Morgan fingerprint density at radius 3 is 2.91 bits per heavy atom. The molecule has 0 bridgehead atoms. The van der Waals surface area contributed by atoms with E-state index in [0.717, 1.165) is 0 Å². The molecule has 58 valence electrons. The predicted octanol–water partition coefficient (Wildman–Crippen LogP) is -1.56. The van der Waals surface area contributed by atoms with E-state index in [1.807, 2.05) is 0 Å². The second-order valence-electron chi connectivity index (χ2n) is 1.47. The van der Waals surface area contributed by atoms with Crippen molar-refractivity contribution in [2.45, 2.75) is 0 Å². The first kappa shape index (κ1) is 7.19. The number of hydrogen-bond acceptors (Lipinski definition) is 8. The molecule has 2 N–H and O–H groups in total. The average molecular weight is 158 g/mol. The van der Waals surface area contributed by atoms with Gasteiger partial charge in [0.25, 0.3) is 6.19 Å². The van der Waals surface area contributed by atoms with Gasteiger partial charge in [0.15, 0.2) is 0 Å². The van der Waals surface area contributed by atoms with E-state index in [0.29, 0.717) is 0 Å². The maximum Gasteiger partial charge on any atom is 0.487 e. The second-order valence-corrected chi connectivity index (χ2v) is 1.47. The monoisotopic (exact) mass is 158 g/mol. The molecule has 0 aliphatic carbocycles. The zero-order valence-corrected chi connectivity index (χ0v) is 5.00. The number of hydrazone groups is 1. The Labute approximate surface area is 59.8 Å². The minimum absolute atomic E-state index is 0.0954. The van der Waals surface area contributed by atoms with Gasteiger partial charge < -0.3 is 10.1 Å². The molecule has 0 amide bonds. The van der Waals surface area contributed by atoms with Crippen LogP contribution in [0.4, 0.5) is 0 Å². The van der Waals surface area contributed by atoms with Gasteiger partial charge in [-0.05, 0) is 9.93 Å². The van der Waals surface area contributed by atoms with Crippen LogP contribution in [0.1, 0.15) is 0 Å². The van der Waals surface area contributed by atoms with E-state index in [-0.39, 0.29) is 10.3 Å². The third-order valence-corrected chi connectivity index (χ3v) is 0.876. The Hall–Kier alpha value is -1.92. The summed E-state index contributed by atoms with van der Waals surface area (Å²) in [6.45, 7) is 0. The molecular weight excluding hydrogens is 156 g/mol. The Morgan fingerprint density at radius 1 is 1.91 bits per heavy atom. The third-order valence-electron chi connectivity index (χ3n) is 0.876. The molecular formula is C2H2N6O3. The highest BCUT2D eigenvalue weighted by atomic mass is 16.7. The first-order chi connectivity index (χ1) is 5.16. The fourth-order valence-electron chi connectivity index (χ4n) is 0.471. The molecule has 1 rings (SSSR count). The van der Waals surface area contributed by atoms with Gasteiger partial charge in [0.05, 0.1) is 5.28 Å². The molecule has 11 heavy (non-hydrogen) atoms. The highest BCUT2D eigenvalue weighted by molar-refractivity contribution is 5.73. The Balaban J connectivity index is 2.84. The quantitative estimate of drug-likeness (QED) is 0.248. The maximum atomic E-state index is 10.0. The fraction of sp³-hybridized carbons (Fsp3) is 0. The fourth-order valence-corrected chi connectivity index (χ4v) is 0.471. The van der Waals surface area contributed by atoms with Crippen LogP contribution in [0.5, 0.6) is 0 Å². The number of rotatable bonds is 0. The van der Waals surface area contributed by atoms with Crippen molar-refractivity contribution in [1.29, 1.82) is 5.26 Å². The van der Waals surface area contributed by atoms with Crippen molar-refractivity contribution in [2.75, 3.05) is 0 Å². The predicted molar refractivity (Wildman–Crippen MR) is 28.6 cm³/mol. The number of guanidine groups is 1. The summed E-state index contributed by atoms with van der Waals surface area (Å²) < 4.78 is 0. The summed E-state index contributed by atoms with van der Waals surface area (Å²) in [4.78, 5) is 9.11. The van der Waals surface area contributed by atoms with E-state index in [1.54, 1.807) is 5.53 Å². The van der Waals surface area contributed by atoms with Crippen LogP contribution in [-0.4, -0.2) is 26.4 Å². The van der Waals surface area contributed by atoms with Crippen molar-refractivity contribution in [2.24, 2.45) is 5.10 Å². The van der Waals surface area contributed by atoms with E-state index in [9.17, 15) is 10.1 Å². The van der Waals surface area contributed by atoms with Gasteiger partial charge in [-0.2, -0.15) is 5.26 Å². The molecule has 0 spiro atoms. The van der Waals surface area contributed by atoms with Crippen LogP contribution in [0.2, 0.25) is 0 Å². The number of nitrogens with zero attached hydrogens (tertiary/aromatic N) is 5. The minimum Gasteiger partial charge on any atom is -0.390 e. The van der Waals surface area contributed by atoms with Crippen molar-refractivity contribution >= 4 is 5.96 Å².